The average molecular weight is 307 g/mol. The molecule has 0 aliphatic heterocycles. The van der Waals surface area contributed by atoms with Crippen LogP contribution in [-0.2, 0) is 6.18 Å². The molecule has 0 aromatic heterocycles. The minimum absolute atomic E-state index is 0.315. The highest BCUT2D eigenvalue weighted by molar-refractivity contribution is 5.94. The summed E-state index contributed by atoms with van der Waals surface area (Å²) >= 11 is 0. The van der Waals surface area contributed by atoms with E-state index in [1.54, 1.807) is 25.1 Å². The number of hydrogen-bond donors (Lipinski definition) is 1. The number of carbonyl (C=O) groups is 1. The minimum Gasteiger partial charge on any atom is -0.346 e. The number of alkyl halides is 3. The predicted octanol–water partition coefficient (Wildman–Crippen LogP) is 4.50. The van der Waals surface area contributed by atoms with Gasteiger partial charge in [0, 0.05) is 5.56 Å². The third-order valence-electron chi connectivity index (χ3n) is 3.38. The van der Waals surface area contributed by atoms with Gasteiger partial charge >= 0.3 is 6.18 Å². The van der Waals surface area contributed by atoms with Crippen molar-refractivity contribution in [3.8, 4) is 0 Å². The van der Waals surface area contributed by atoms with Crippen LogP contribution in [0.3, 0.4) is 0 Å². The SMILES string of the molecule is Cc1ccc(C(=O)NC(C)c2cccc(C(F)(F)F)c2)cc1. The van der Waals surface area contributed by atoms with Crippen LogP contribution in [0.4, 0.5) is 13.2 Å². The van der Waals surface area contributed by atoms with Crippen molar-refractivity contribution < 1.29 is 18.0 Å². The molecule has 5 heteroatoms. The van der Waals surface area contributed by atoms with Crippen LogP contribution in [0.1, 0.15) is 40.0 Å². The lowest BCUT2D eigenvalue weighted by atomic mass is 10.0. The fourth-order valence-electron chi connectivity index (χ4n) is 2.05. The number of rotatable bonds is 3. The van der Waals surface area contributed by atoms with Gasteiger partial charge in [-0.3, -0.25) is 4.79 Å². The number of nitrogens with one attached hydrogen (secondary N) is 1. The van der Waals surface area contributed by atoms with E-state index in [-0.39, 0.29) is 5.91 Å². The van der Waals surface area contributed by atoms with Crippen LogP contribution in [0.5, 0.6) is 0 Å². The summed E-state index contributed by atoms with van der Waals surface area (Å²) < 4.78 is 38.1. The van der Waals surface area contributed by atoms with Crippen LogP contribution < -0.4 is 5.32 Å². The van der Waals surface area contributed by atoms with Crippen molar-refractivity contribution >= 4 is 5.91 Å². The van der Waals surface area contributed by atoms with Gasteiger partial charge in [0.25, 0.3) is 5.91 Å². The van der Waals surface area contributed by atoms with E-state index in [0.717, 1.165) is 17.7 Å². The van der Waals surface area contributed by atoms with Gasteiger partial charge in [0.15, 0.2) is 0 Å². The Morgan fingerprint density at radius 3 is 2.32 bits per heavy atom. The molecule has 1 unspecified atom stereocenters. The van der Waals surface area contributed by atoms with Crippen LogP contribution in [0.15, 0.2) is 48.5 Å². The molecule has 0 radical (unpaired) electrons. The predicted molar refractivity (Wildman–Crippen MR) is 78.5 cm³/mol. The molecule has 1 atom stereocenters. The van der Waals surface area contributed by atoms with Crippen molar-refractivity contribution in [3.05, 3.63) is 70.8 Å². The van der Waals surface area contributed by atoms with Gasteiger partial charge in [-0.15, -0.1) is 0 Å². The number of aryl methyl sites for hydroxylation is 1. The quantitative estimate of drug-likeness (QED) is 0.888. The van der Waals surface area contributed by atoms with Crippen molar-refractivity contribution in [1.29, 1.82) is 0 Å². The van der Waals surface area contributed by atoms with Crippen LogP contribution >= 0.6 is 0 Å². The maximum atomic E-state index is 12.7. The van der Waals surface area contributed by atoms with E-state index in [0.29, 0.717) is 11.1 Å². The Bertz CT molecular complexity index is 662. The third-order valence-corrected chi connectivity index (χ3v) is 3.38. The zero-order valence-electron chi connectivity index (χ0n) is 12.2. The first kappa shape index (κ1) is 16.1. The van der Waals surface area contributed by atoms with Crippen molar-refractivity contribution in [2.24, 2.45) is 0 Å². The standard InChI is InChI=1S/C17H16F3NO/c1-11-6-8-13(9-7-11)16(22)21-12(2)14-4-3-5-15(10-14)17(18,19)20/h3-10,12H,1-2H3,(H,21,22). The summed E-state index contributed by atoms with van der Waals surface area (Å²) in [5, 5.41) is 2.70. The Morgan fingerprint density at radius 2 is 1.73 bits per heavy atom. The van der Waals surface area contributed by atoms with Gasteiger partial charge in [-0.1, -0.05) is 29.8 Å². The first-order valence-corrected chi connectivity index (χ1v) is 6.82. The summed E-state index contributed by atoms with van der Waals surface area (Å²) in [6.07, 6.45) is -4.39. The molecule has 0 heterocycles. The fraction of sp³-hybridized carbons (Fsp3) is 0.235. The summed E-state index contributed by atoms with van der Waals surface area (Å²) in [5.41, 5.74) is 1.20. The normalized spacial score (nSPS) is 12.8. The summed E-state index contributed by atoms with van der Waals surface area (Å²) in [7, 11) is 0. The summed E-state index contributed by atoms with van der Waals surface area (Å²) in [6.45, 7) is 3.56. The third kappa shape index (κ3) is 3.87. The molecule has 1 amide bonds. The molecule has 22 heavy (non-hydrogen) atoms. The second kappa shape index (κ2) is 6.22. The number of hydrogen-bond acceptors (Lipinski definition) is 1. The maximum Gasteiger partial charge on any atom is 0.416 e. The second-order valence-corrected chi connectivity index (χ2v) is 5.18. The molecule has 116 valence electrons. The van der Waals surface area contributed by atoms with Crippen LogP contribution in [-0.4, -0.2) is 5.91 Å². The zero-order chi connectivity index (χ0) is 16.3. The van der Waals surface area contributed by atoms with Crippen molar-refractivity contribution in [1.82, 2.24) is 5.32 Å². The van der Waals surface area contributed by atoms with Crippen molar-refractivity contribution in [2.45, 2.75) is 26.1 Å². The van der Waals surface area contributed by atoms with Gasteiger partial charge < -0.3 is 5.32 Å². The van der Waals surface area contributed by atoms with Crippen LogP contribution in [0, 0.1) is 6.92 Å². The first-order valence-electron chi connectivity index (χ1n) is 6.82. The zero-order valence-corrected chi connectivity index (χ0v) is 12.2. The fourth-order valence-corrected chi connectivity index (χ4v) is 2.05. The van der Waals surface area contributed by atoms with E-state index < -0.39 is 17.8 Å². The largest absolute Gasteiger partial charge is 0.416 e. The average Bonchev–Trinajstić information content (AvgIpc) is 2.47. The van der Waals surface area contributed by atoms with Gasteiger partial charge in [0.05, 0.1) is 11.6 Å². The van der Waals surface area contributed by atoms with Crippen molar-refractivity contribution in [3.63, 3.8) is 0 Å². The van der Waals surface area contributed by atoms with E-state index in [4.69, 9.17) is 0 Å². The molecule has 2 nitrogen and oxygen atoms in total. The van der Waals surface area contributed by atoms with Crippen LogP contribution in [0.25, 0.3) is 0 Å². The van der Waals surface area contributed by atoms with Gasteiger partial charge in [-0.25, -0.2) is 0 Å². The van der Waals surface area contributed by atoms with Gasteiger partial charge in [0.2, 0.25) is 0 Å². The van der Waals surface area contributed by atoms with E-state index in [2.05, 4.69) is 5.32 Å². The Hall–Kier alpha value is -2.30. The molecule has 0 spiro atoms. The van der Waals surface area contributed by atoms with Gasteiger partial charge in [-0.05, 0) is 43.7 Å². The maximum absolute atomic E-state index is 12.7. The smallest absolute Gasteiger partial charge is 0.346 e. The van der Waals surface area contributed by atoms with E-state index in [9.17, 15) is 18.0 Å². The Balaban J connectivity index is 2.13. The van der Waals surface area contributed by atoms with E-state index in [1.165, 1.54) is 6.07 Å². The molecule has 2 aromatic rings. The number of carbonyl (C=O) groups excluding carboxylic acids is 1. The summed E-state index contributed by atoms with van der Waals surface area (Å²) in [4.78, 5) is 12.1. The van der Waals surface area contributed by atoms with Crippen LogP contribution in [0.2, 0.25) is 0 Å². The topological polar surface area (TPSA) is 29.1 Å². The molecule has 0 aliphatic rings. The highest BCUT2D eigenvalue weighted by Gasteiger charge is 2.30. The Kier molecular flexibility index (Phi) is 4.54. The highest BCUT2D eigenvalue weighted by atomic mass is 19.4. The highest BCUT2D eigenvalue weighted by Crippen LogP contribution is 2.30. The molecule has 1 N–H and O–H groups in total. The molecule has 0 aliphatic carbocycles. The lowest BCUT2D eigenvalue weighted by Gasteiger charge is -2.16. The van der Waals surface area contributed by atoms with Gasteiger partial charge in [0.1, 0.15) is 0 Å². The molecule has 0 fully saturated rings. The van der Waals surface area contributed by atoms with Gasteiger partial charge in [-0.2, -0.15) is 13.2 Å². The number of benzene rings is 2. The first-order chi connectivity index (χ1) is 10.3. The van der Waals surface area contributed by atoms with E-state index in [1.807, 2.05) is 19.1 Å². The Morgan fingerprint density at radius 1 is 1.09 bits per heavy atom. The molecular weight excluding hydrogens is 291 g/mol. The number of halogens is 3. The molecule has 0 saturated carbocycles. The summed E-state index contributed by atoms with van der Waals surface area (Å²) in [5.74, 6) is -0.315. The molecule has 0 saturated heterocycles. The van der Waals surface area contributed by atoms with Crippen molar-refractivity contribution in [2.75, 3.05) is 0 Å². The monoisotopic (exact) mass is 307 g/mol. The Labute approximate surface area is 127 Å². The molecule has 2 rings (SSSR count). The lowest BCUT2D eigenvalue weighted by Crippen LogP contribution is -2.26. The van der Waals surface area contributed by atoms with E-state index >= 15 is 0 Å². The lowest BCUT2D eigenvalue weighted by molar-refractivity contribution is -0.137. The minimum atomic E-state index is -4.39. The summed E-state index contributed by atoms with van der Waals surface area (Å²) in [6, 6.07) is 11.4. The molecule has 0 bridgehead atoms. The second-order valence-electron chi connectivity index (χ2n) is 5.18. The number of amides is 1. The molecular formula is C17H16F3NO. The molecule has 2 aromatic carbocycles.